The molecule has 1 amide bonds. The van der Waals surface area contributed by atoms with Gasteiger partial charge in [0, 0.05) is 30.0 Å². The van der Waals surface area contributed by atoms with Gasteiger partial charge in [0.1, 0.15) is 5.75 Å². The molecule has 0 radical (unpaired) electrons. The number of rotatable bonds is 5. The van der Waals surface area contributed by atoms with Crippen LogP contribution in [0.5, 0.6) is 5.75 Å². The summed E-state index contributed by atoms with van der Waals surface area (Å²) in [6.07, 6.45) is 1.57. The minimum absolute atomic E-state index is 0.0410. The lowest BCUT2D eigenvalue weighted by atomic mass is 9.88. The van der Waals surface area contributed by atoms with Crippen molar-refractivity contribution in [3.8, 4) is 5.75 Å². The number of ketones is 2. The molecule has 1 aliphatic rings. The summed E-state index contributed by atoms with van der Waals surface area (Å²) in [5, 5.41) is 1.72. The summed E-state index contributed by atoms with van der Waals surface area (Å²) in [7, 11) is 1.60. The van der Waals surface area contributed by atoms with Gasteiger partial charge in [-0.15, -0.1) is 11.3 Å². The van der Waals surface area contributed by atoms with E-state index in [-0.39, 0.29) is 23.4 Å². The predicted molar refractivity (Wildman–Crippen MR) is 105 cm³/mol. The van der Waals surface area contributed by atoms with Crippen molar-refractivity contribution < 1.29 is 19.1 Å². The number of likely N-dealkylation sites (tertiary alicyclic amines) is 1. The number of aryl methyl sites for hydroxylation is 1. The van der Waals surface area contributed by atoms with Crippen LogP contribution in [-0.4, -0.2) is 42.6 Å². The molecule has 1 atom stereocenters. The number of methoxy groups -OCH3 is 1. The lowest BCUT2D eigenvalue weighted by molar-refractivity contribution is 0.0637. The van der Waals surface area contributed by atoms with Crippen molar-refractivity contribution in [2.75, 3.05) is 20.2 Å². The van der Waals surface area contributed by atoms with Crippen LogP contribution in [0.1, 0.15) is 55.7 Å². The Kier molecular flexibility index (Phi) is 5.75. The summed E-state index contributed by atoms with van der Waals surface area (Å²) in [6.45, 7) is 4.44. The number of hydrogen-bond donors (Lipinski definition) is 0. The minimum Gasteiger partial charge on any atom is -0.497 e. The van der Waals surface area contributed by atoms with E-state index >= 15 is 0 Å². The fraction of sp³-hybridized carbons (Fsp3) is 0.381. The minimum atomic E-state index is -0.208. The van der Waals surface area contributed by atoms with E-state index in [1.807, 2.05) is 13.0 Å². The fourth-order valence-corrected chi connectivity index (χ4v) is 4.23. The lowest BCUT2D eigenvalue weighted by Gasteiger charge is -2.32. The second kappa shape index (κ2) is 8.05. The highest BCUT2D eigenvalue weighted by molar-refractivity contribution is 7.12. The van der Waals surface area contributed by atoms with E-state index in [9.17, 15) is 14.4 Å². The topological polar surface area (TPSA) is 63.7 Å². The molecule has 1 aromatic heterocycles. The maximum atomic E-state index is 13.0. The van der Waals surface area contributed by atoms with Crippen LogP contribution in [0.25, 0.3) is 0 Å². The quantitative estimate of drug-likeness (QED) is 0.730. The van der Waals surface area contributed by atoms with Crippen LogP contribution >= 0.6 is 11.3 Å². The van der Waals surface area contributed by atoms with E-state index in [1.165, 1.54) is 18.3 Å². The van der Waals surface area contributed by atoms with Gasteiger partial charge in [-0.05, 0) is 56.5 Å². The molecule has 0 saturated carbocycles. The number of thiophene rings is 1. The van der Waals surface area contributed by atoms with Crippen LogP contribution in [0.2, 0.25) is 0 Å². The molecule has 5 nitrogen and oxygen atoms in total. The van der Waals surface area contributed by atoms with Crippen LogP contribution in [0.15, 0.2) is 29.6 Å². The largest absolute Gasteiger partial charge is 0.497 e. The molecule has 0 spiro atoms. The smallest absolute Gasteiger partial charge is 0.254 e. The Morgan fingerprint density at radius 2 is 2.00 bits per heavy atom. The number of carbonyl (C=O) groups is 3. The van der Waals surface area contributed by atoms with Crippen LogP contribution in [-0.2, 0) is 0 Å². The molecule has 0 N–H and O–H groups in total. The van der Waals surface area contributed by atoms with E-state index < -0.39 is 0 Å². The molecule has 1 fully saturated rings. The Bertz CT molecular complexity index is 886. The van der Waals surface area contributed by atoms with E-state index in [2.05, 4.69) is 0 Å². The average molecular weight is 385 g/mol. The molecule has 1 aliphatic heterocycles. The van der Waals surface area contributed by atoms with Crippen molar-refractivity contribution in [3.63, 3.8) is 0 Å². The molecule has 1 saturated heterocycles. The number of Topliss-reactive ketones (excluding diaryl/α,β-unsaturated/α-hetero) is 2. The second-order valence-electron chi connectivity index (χ2n) is 6.89. The number of benzene rings is 1. The molecular formula is C21H23NO4S. The number of nitrogens with zero attached hydrogens (tertiary/aromatic N) is 1. The van der Waals surface area contributed by atoms with Crippen LogP contribution in [0.3, 0.4) is 0 Å². The molecule has 1 aromatic carbocycles. The molecule has 142 valence electrons. The van der Waals surface area contributed by atoms with Gasteiger partial charge >= 0.3 is 0 Å². The van der Waals surface area contributed by atoms with Crippen molar-refractivity contribution in [2.45, 2.75) is 26.7 Å². The Hall–Kier alpha value is -2.47. The van der Waals surface area contributed by atoms with Gasteiger partial charge in [-0.3, -0.25) is 14.4 Å². The highest BCUT2D eigenvalue weighted by atomic mass is 32.1. The van der Waals surface area contributed by atoms with E-state index in [0.717, 1.165) is 24.2 Å². The highest BCUT2D eigenvalue weighted by Crippen LogP contribution is 2.26. The van der Waals surface area contributed by atoms with Gasteiger partial charge in [0.25, 0.3) is 5.91 Å². The zero-order chi connectivity index (χ0) is 19.6. The molecular weight excluding hydrogens is 362 g/mol. The van der Waals surface area contributed by atoms with Crippen molar-refractivity contribution in [1.29, 1.82) is 0 Å². The van der Waals surface area contributed by atoms with Gasteiger partial charge in [0.05, 0.1) is 17.6 Å². The van der Waals surface area contributed by atoms with Crippen molar-refractivity contribution in [3.05, 3.63) is 51.2 Å². The maximum absolute atomic E-state index is 13.0. The first-order valence-corrected chi connectivity index (χ1v) is 9.86. The summed E-state index contributed by atoms with van der Waals surface area (Å²) in [5.41, 5.74) is 2.09. The van der Waals surface area contributed by atoms with Crippen molar-refractivity contribution >= 4 is 28.8 Å². The number of hydrogen-bond acceptors (Lipinski definition) is 5. The molecule has 3 rings (SSSR count). The van der Waals surface area contributed by atoms with Crippen LogP contribution < -0.4 is 4.74 Å². The molecule has 0 aliphatic carbocycles. The Morgan fingerprint density at radius 3 is 2.63 bits per heavy atom. The number of carbonyl (C=O) groups excluding carboxylic acids is 3. The third-order valence-corrected chi connectivity index (χ3v) is 6.00. The Morgan fingerprint density at radius 1 is 1.22 bits per heavy atom. The summed E-state index contributed by atoms with van der Waals surface area (Å²) >= 11 is 1.28. The third-order valence-electron chi connectivity index (χ3n) is 4.97. The summed E-state index contributed by atoms with van der Waals surface area (Å²) in [4.78, 5) is 39.6. The van der Waals surface area contributed by atoms with Crippen molar-refractivity contribution in [2.24, 2.45) is 5.92 Å². The molecule has 2 heterocycles. The van der Waals surface area contributed by atoms with Gasteiger partial charge in [-0.1, -0.05) is 0 Å². The molecule has 0 bridgehead atoms. The number of amides is 1. The van der Waals surface area contributed by atoms with Crippen LogP contribution in [0, 0.1) is 12.8 Å². The Labute approximate surface area is 162 Å². The normalized spacial score (nSPS) is 16.9. The van der Waals surface area contributed by atoms with Gasteiger partial charge in [-0.25, -0.2) is 0 Å². The maximum Gasteiger partial charge on any atom is 0.254 e. The predicted octanol–water partition coefficient (Wildman–Crippen LogP) is 4.00. The molecule has 6 heteroatoms. The van der Waals surface area contributed by atoms with Gasteiger partial charge in [0.2, 0.25) is 0 Å². The summed E-state index contributed by atoms with van der Waals surface area (Å²) < 4.78 is 5.20. The lowest BCUT2D eigenvalue weighted by Crippen LogP contribution is -2.42. The van der Waals surface area contributed by atoms with Crippen LogP contribution in [0.4, 0.5) is 0 Å². The summed E-state index contributed by atoms with van der Waals surface area (Å²) in [5.74, 6) is 0.440. The van der Waals surface area contributed by atoms with Gasteiger partial charge in [-0.2, -0.15) is 0 Å². The molecule has 27 heavy (non-hydrogen) atoms. The highest BCUT2D eigenvalue weighted by Gasteiger charge is 2.30. The Balaban J connectivity index is 1.74. The number of piperidine rings is 1. The molecule has 2 aromatic rings. The third kappa shape index (κ3) is 4.11. The first-order chi connectivity index (χ1) is 12.9. The summed E-state index contributed by atoms with van der Waals surface area (Å²) in [6, 6.07) is 7.10. The molecule has 0 unspecified atom stereocenters. The van der Waals surface area contributed by atoms with Gasteiger partial charge in [0.15, 0.2) is 11.6 Å². The van der Waals surface area contributed by atoms with Crippen molar-refractivity contribution in [1.82, 2.24) is 4.90 Å². The average Bonchev–Trinajstić information content (AvgIpc) is 3.17. The zero-order valence-corrected chi connectivity index (χ0v) is 16.6. The monoisotopic (exact) mass is 385 g/mol. The van der Waals surface area contributed by atoms with Gasteiger partial charge < -0.3 is 9.64 Å². The second-order valence-corrected chi connectivity index (χ2v) is 7.80. The first kappa shape index (κ1) is 19.3. The number of ether oxygens (including phenoxy) is 1. The van der Waals surface area contributed by atoms with E-state index in [1.54, 1.807) is 35.6 Å². The van der Waals surface area contributed by atoms with E-state index in [4.69, 9.17) is 4.74 Å². The fourth-order valence-electron chi connectivity index (χ4n) is 3.45. The first-order valence-electron chi connectivity index (χ1n) is 8.98. The SMILES string of the molecule is COc1ccc(C(=O)[C@@H]2CCCN(C(=O)c3csc(C(C)=O)c3)C2)c(C)c1. The zero-order valence-electron chi connectivity index (χ0n) is 15.8. The van der Waals surface area contributed by atoms with E-state index in [0.29, 0.717) is 29.1 Å². The standard InChI is InChI=1S/C21H23NO4S/c1-13-9-17(26-3)6-7-18(13)20(24)15-5-4-8-22(11-15)21(25)16-10-19(14(2)23)27-12-16/h6-7,9-10,12,15H,4-5,8,11H2,1-3H3/t15-/m1/s1.